The van der Waals surface area contributed by atoms with Crippen molar-refractivity contribution in [3.05, 3.63) is 35.9 Å². The van der Waals surface area contributed by atoms with Crippen molar-refractivity contribution in [1.29, 1.82) is 0 Å². The van der Waals surface area contributed by atoms with Gasteiger partial charge in [-0.05, 0) is 0 Å². The monoisotopic (exact) mass is 636 g/mol. The Bertz CT molecular complexity index is 869. The van der Waals surface area contributed by atoms with Gasteiger partial charge >= 0.3 is 264 Å². The summed E-state index contributed by atoms with van der Waals surface area (Å²) in [6, 6.07) is 12.3. The molecule has 7 rings (SSSR count). The molecule has 6 saturated carbocycles. The molecule has 1 aromatic carbocycles. The predicted molar refractivity (Wildman–Crippen MR) is 188 cm³/mol. The maximum atomic E-state index is 9.61. The van der Waals surface area contributed by atoms with E-state index in [4.69, 9.17) is 0 Å². The quantitative estimate of drug-likeness (QED) is 0.236. The van der Waals surface area contributed by atoms with Gasteiger partial charge in [0, 0.05) is 0 Å². The molecule has 232 valence electrons. The second kappa shape index (κ2) is 11.8. The fourth-order valence-corrected chi connectivity index (χ4v) is 45.4. The molecule has 0 nitrogen and oxygen atoms in total. The average molecular weight is 638 g/mol. The van der Waals surface area contributed by atoms with Crippen LogP contribution >= 0.6 is 34.4 Å². The van der Waals surface area contributed by atoms with Gasteiger partial charge in [-0.1, -0.05) is 0 Å². The molecule has 0 N–H and O–H groups in total. The van der Waals surface area contributed by atoms with Crippen LogP contribution in [0.1, 0.15) is 165 Å². The first-order chi connectivity index (χ1) is 20.0. The topological polar surface area (TPSA) is 0 Å². The maximum absolute atomic E-state index is 9.61. The van der Waals surface area contributed by atoms with Crippen LogP contribution in [0.3, 0.4) is 0 Å². The van der Waals surface area contributed by atoms with Crippen LogP contribution in [0.25, 0.3) is 0 Å². The molecule has 4 heteroatoms. The van der Waals surface area contributed by atoms with Gasteiger partial charge < -0.3 is 0 Å². The first kappa shape index (κ1) is 30.3. The Hall–Kier alpha value is 0.660. The molecule has 1 aromatic rings. The van der Waals surface area contributed by atoms with Gasteiger partial charge in [-0.15, -0.1) is 0 Å². The summed E-state index contributed by atoms with van der Waals surface area (Å²) in [5, 5.41) is 0.514. The number of benzene rings is 1. The third-order valence-corrected chi connectivity index (χ3v) is 39.8. The van der Waals surface area contributed by atoms with Crippen molar-refractivity contribution in [2.45, 2.75) is 193 Å². The molecule has 41 heavy (non-hydrogen) atoms. The number of rotatable bonds is 9. The van der Waals surface area contributed by atoms with Crippen LogP contribution in [0, 0.1) is 0 Å². The standard InChI is InChI=1S/C37H60Cl2P2/c38-40(31-18-4-5-19-31,32-20-6-7-21-32,33-22-8-9-23-33)37(30-16-2-1-3-17-30)41(39,34-24-10-11-25-34,35-26-12-13-27-35)36-28-14-15-29-36/h1-3,16-17,31-37H,4-15,18-29H2. The van der Waals surface area contributed by atoms with Crippen molar-refractivity contribution < 1.29 is 0 Å². The van der Waals surface area contributed by atoms with Crippen LogP contribution in [0.5, 0.6) is 0 Å². The number of hydrogen-bond donors (Lipinski definition) is 0. The minimum atomic E-state index is -2.93. The fourth-order valence-electron chi connectivity index (χ4n) is 13.4. The molecule has 0 unspecified atom stereocenters. The normalized spacial score (nSPS) is 29.7. The van der Waals surface area contributed by atoms with E-state index in [1.807, 2.05) is 0 Å². The van der Waals surface area contributed by atoms with Crippen LogP contribution in [0.15, 0.2) is 30.3 Å². The molecule has 0 amide bonds. The van der Waals surface area contributed by atoms with E-state index in [1.165, 1.54) is 154 Å². The summed E-state index contributed by atoms with van der Waals surface area (Å²) in [5.41, 5.74) is 6.27. The molecule has 0 atom stereocenters. The van der Waals surface area contributed by atoms with Crippen LogP contribution < -0.4 is 0 Å². The molecule has 0 radical (unpaired) electrons. The Labute approximate surface area is 262 Å². The first-order valence-corrected chi connectivity index (χ1v) is 25.3. The SMILES string of the molecule is ClP(C1CCCC1)(C1CCCC1)(C1CCCC1)C(c1ccccc1)P(Cl)(C1CCCC1)(C1CCCC1)C1CCCC1. The summed E-state index contributed by atoms with van der Waals surface area (Å²) in [7, 11) is 0. The van der Waals surface area contributed by atoms with Crippen molar-refractivity contribution in [3.63, 3.8) is 0 Å². The number of hydrogen-bond acceptors (Lipinski definition) is 0. The second-order valence-corrected chi connectivity index (χ2v) is 31.6. The zero-order valence-corrected chi connectivity index (χ0v) is 29.3. The van der Waals surface area contributed by atoms with Crippen LogP contribution in [0.2, 0.25) is 0 Å². The van der Waals surface area contributed by atoms with E-state index in [0.717, 1.165) is 34.0 Å². The Morgan fingerprint density at radius 2 is 0.610 bits per heavy atom. The van der Waals surface area contributed by atoms with E-state index in [0.29, 0.717) is 5.40 Å². The zero-order valence-electron chi connectivity index (χ0n) is 26.0. The summed E-state index contributed by atoms with van der Waals surface area (Å²) in [6.45, 7) is 0. The summed E-state index contributed by atoms with van der Waals surface area (Å²) < 4.78 is 0. The van der Waals surface area contributed by atoms with Gasteiger partial charge in [0.25, 0.3) is 0 Å². The molecular weight excluding hydrogens is 577 g/mol. The van der Waals surface area contributed by atoms with Crippen molar-refractivity contribution in [3.8, 4) is 0 Å². The molecule has 0 bridgehead atoms. The van der Waals surface area contributed by atoms with Gasteiger partial charge in [-0.25, -0.2) is 0 Å². The minimum absolute atomic E-state index is 0.514. The molecular formula is C37H60Cl2P2. The third-order valence-electron chi connectivity index (χ3n) is 14.7. The van der Waals surface area contributed by atoms with Crippen molar-refractivity contribution in [1.82, 2.24) is 0 Å². The van der Waals surface area contributed by atoms with Crippen LogP contribution in [-0.4, -0.2) is 34.0 Å². The first-order valence-electron chi connectivity index (χ1n) is 18.5. The van der Waals surface area contributed by atoms with E-state index in [-0.39, 0.29) is 0 Å². The summed E-state index contributed by atoms with van der Waals surface area (Å²) in [5.74, 6) is -5.85. The summed E-state index contributed by atoms with van der Waals surface area (Å²) in [4.78, 5) is 0. The molecule has 6 aliphatic rings. The van der Waals surface area contributed by atoms with Crippen molar-refractivity contribution in [2.24, 2.45) is 0 Å². The Kier molecular flexibility index (Phi) is 8.72. The zero-order chi connectivity index (χ0) is 28.0. The van der Waals surface area contributed by atoms with Gasteiger partial charge in [-0.2, -0.15) is 0 Å². The molecule has 0 aliphatic heterocycles. The fraction of sp³-hybridized carbons (Fsp3) is 0.838. The van der Waals surface area contributed by atoms with Gasteiger partial charge in [0.1, 0.15) is 0 Å². The van der Waals surface area contributed by atoms with Crippen LogP contribution in [0.4, 0.5) is 0 Å². The van der Waals surface area contributed by atoms with E-state index in [9.17, 15) is 22.5 Å². The average Bonchev–Trinajstić information content (AvgIpc) is 3.86. The molecule has 0 aromatic heterocycles. The molecule has 0 heterocycles. The molecule has 6 aliphatic carbocycles. The van der Waals surface area contributed by atoms with Crippen LogP contribution in [-0.2, 0) is 0 Å². The van der Waals surface area contributed by atoms with Gasteiger partial charge in [0.2, 0.25) is 0 Å². The van der Waals surface area contributed by atoms with E-state index >= 15 is 0 Å². The number of halogens is 2. The Morgan fingerprint density at radius 3 is 0.829 bits per heavy atom. The van der Waals surface area contributed by atoms with Gasteiger partial charge in [0.15, 0.2) is 0 Å². The van der Waals surface area contributed by atoms with Crippen molar-refractivity contribution in [2.75, 3.05) is 0 Å². The van der Waals surface area contributed by atoms with E-state index < -0.39 is 11.9 Å². The second-order valence-electron chi connectivity index (χ2n) is 16.0. The molecule has 6 fully saturated rings. The molecule has 0 spiro atoms. The van der Waals surface area contributed by atoms with Gasteiger partial charge in [-0.3, -0.25) is 0 Å². The third kappa shape index (κ3) is 4.32. The van der Waals surface area contributed by atoms with Crippen molar-refractivity contribution >= 4 is 34.4 Å². The summed E-state index contributed by atoms with van der Waals surface area (Å²) >= 11 is 19.2. The Balaban J connectivity index is 1.61. The molecule has 0 saturated heterocycles. The summed E-state index contributed by atoms with van der Waals surface area (Å²) in [6.07, 6.45) is 34.1. The van der Waals surface area contributed by atoms with E-state index in [1.54, 1.807) is 5.56 Å². The van der Waals surface area contributed by atoms with E-state index in [2.05, 4.69) is 30.3 Å². The van der Waals surface area contributed by atoms with Gasteiger partial charge in [0.05, 0.1) is 0 Å². The Morgan fingerprint density at radius 1 is 0.390 bits per heavy atom. The predicted octanol–water partition coefficient (Wildman–Crippen LogP) is 13.8.